The molecule has 158 valence electrons. The molecule has 0 bridgehead atoms. The second-order valence-corrected chi connectivity index (χ2v) is 7.96. The van der Waals surface area contributed by atoms with Crippen LogP contribution in [-0.4, -0.2) is 35.6 Å². The molecule has 1 saturated carbocycles. The van der Waals surface area contributed by atoms with Crippen LogP contribution in [0, 0.1) is 6.92 Å². The maximum atomic E-state index is 13.2. The van der Waals surface area contributed by atoms with Crippen LogP contribution in [0.25, 0.3) is 11.1 Å². The molecule has 30 heavy (non-hydrogen) atoms. The van der Waals surface area contributed by atoms with E-state index < -0.39 is 0 Å². The van der Waals surface area contributed by atoms with Crippen molar-refractivity contribution in [1.29, 1.82) is 0 Å². The highest BCUT2D eigenvalue weighted by atomic mass is 16.5. The zero-order valence-electron chi connectivity index (χ0n) is 17.8. The SMILES string of the molecule is COc1cc(OC)cc(C(C)NC(=O)c2c(C)oc3ncnc(NC4(C)CC4)c23)c1. The molecule has 0 aliphatic heterocycles. The Morgan fingerprint density at radius 1 is 1.17 bits per heavy atom. The van der Waals surface area contributed by atoms with E-state index in [9.17, 15) is 4.79 Å². The number of aromatic nitrogens is 2. The van der Waals surface area contributed by atoms with E-state index in [2.05, 4.69) is 27.5 Å². The van der Waals surface area contributed by atoms with Gasteiger partial charge in [-0.1, -0.05) is 0 Å². The first-order valence-corrected chi connectivity index (χ1v) is 9.89. The van der Waals surface area contributed by atoms with Crippen LogP contribution < -0.4 is 20.1 Å². The minimum absolute atomic E-state index is 0.00460. The van der Waals surface area contributed by atoms with Gasteiger partial charge in [-0.05, 0) is 51.3 Å². The molecule has 2 aromatic heterocycles. The quantitative estimate of drug-likeness (QED) is 0.607. The maximum absolute atomic E-state index is 13.2. The van der Waals surface area contributed by atoms with Gasteiger partial charge in [-0.15, -0.1) is 0 Å². The van der Waals surface area contributed by atoms with E-state index in [1.54, 1.807) is 27.2 Å². The summed E-state index contributed by atoms with van der Waals surface area (Å²) in [5.41, 5.74) is 1.71. The summed E-state index contributed by atoms with van der Waals surface area (Å²) in [6.07, 6.45) is 3.57. The summed E-state index contributed by atoms with van der Waals surface area (Å²) in [4.78, 5) is 21.8. The number of rotatable bonds is 7. The lowest BCUT2D eigenvalue weighted by atomic mass is 10.1. The Bertz CT molecular complexity index is 1080. The van der Waals surface area contributed by atoms with E-state index in [4.69, 9.17) is 13.9 Å². The van der Waals surface area contributed by atoms with Gasteiger partial charge < -0.3 is 24.5 Å². The van der Waals surface area contributed by atoms with E-state index in [1.807, 2.05) is 19.1 Å². The van der Waals surface area contributed by atoms with Crippen LogP contribution in [0.3, 0.4) is 0 Å². The summed E-state index contributed by atoms with van der Waals surface area (Å²) >= 11 is 0. The Hall–Kier alpha value is -3.29. The van der Waals surface area contributed by atoms with Crippen molar-refractivity contribution >= 4 is 22.8 Å². The largest absolute Gasteiger partial charge is 0.497 e. The van der Waals surface area contributed by atoms with Crippen LogP contribution in [-0.2, 0) is 0 Å². The highest BCUT2D eigenvalue weighted by Gasteiger charge is 2.38. The molecule has 1 fully saturated rings. The lowest BCUT2D eigenvalue weighted by Gasteiger charge is -2.17. The van der Waals surface area contributed by atoms with Crippen molar-refractivity contribution in [1.82, 2.24) is 15.3 Å². The molecule has 1 atom stereocenters. The molecule has 1 unspecified atom stereocenters. The van der Waals surface area contributed by atoms with E-state index in [0.29, 0.717) is 39.7 Å². The minimum atomic E-state index is -0.284. The Kier molecular flexibility index (Phi) is 5.01. The first-order chi connectivity index (χ1) is 14.3. The van der Waals surface area contributed by atoms with Crippen LogP contribution in [0.4, 0.5) is 5.82 Å². The normalized spacial score (nSPS) is 15.5. The number of furan rings is 1. The van der Waals surface area contributed by atoms with Crippen LogP contribution in [0.2, 0.25) is 0 Å². The molecule has 1 aromatic carbocycles. The average molecular weight is 410 g/mol. The van der Waals surface area contributed by atoms with Crippen molar-refractivity contribution in [3.05, 3.63) is 41.4 Å². The van der Waals surface area contributed by atoms with Gasteiger partial charge in [-0.3, -0.25) is 4.79 Å². The lowest BCUT2D eigenvalue weighted by molar-refractivity contribution is 0.0939. The molecule has 0 radical (unpaired) electrons. The summed E-state index contributed by atoms with van der Waals surface area (Å²) in [5.74, 6) is 2.19. The van der Waals surface area contributed by atoms with Gasteiger partial charge in [-0.25, -0.2) is 9.97 Å². The third-order valence-electron chi connectivity index (χ3n) is 5.53. The number of hydrogen-bond acceptors (Lipinski definition) is 7. The number of methoxy groups -OCH3 is 2. The van der Waals surface area contributed by atoms with Crippen molar-refractivity contribution in [2.45, 2.75) is 45.2 Å². The number of anilines is 1. The van der Waals surface area contributed by atoms with Crippen LogP contribution >= 0.6 is 0 Å². The number of nitrogens with one attached hydrogen (secondary N) is 2. The Labute approximate surface area is 175 Å². The molecule has 2 heterocycles. The van der Waals surface area contributed by atoms with Crippen molar-refractivity contribution < 1.29 is 18.7 Å². The number of carbonyl (C=O) groups is 1. The number of nitrogens with zero attached hydrogens (tertiary/aromatic N) is 2. The summed E-state index contributed by atoms with van der Waals surface area (Å²) in [5, 5.41) is 7.09. The number of benzene rings is 1. The fraction of sp³-hybridized carbons (Fsp3) is 0.409. The van der Waals surface area contributed by atoms with Crippen LogP contribution in [0.5, 0.6) is 11.5 Å². The van der Waals surface area contributed by atoms with Gasteiger partial charge in [0.05, 0.1) is 31.2 Å². The number of hydrogen-bond donors (Lipinski definition) is 2. The first-order valence-electron chi connectivity index (χ1n) is 9.89. The maximum Gasteiger partial charge on any atom is 0.256 e. The topological polar surface area (TPSA) is 98.5 Å². The number of aryl methyl sites for hydroxylation is 1. The van der Waals surface area contributed by atoms with E-state index in [-0.39, 0.29) is 17.5 Å². The highest BCUT2D eigenvalue weighted by Crippen LogP contribution is 2.40. The molecule has 8 heteroatoms. The molecule has 1 aliphatic rings. The molecule has 1 amide bonds. The third kappa shape index (κ3) is 3.77. The molecule has 1 aliphatic carbocycles. The van der Waals surface area contributed by atoms with Gasteiger partial charge in [0, 0.05) is 11.6 Å². The Balaban J connectivity index is 1.66. The molecule has 2 N–H and O–H groups in total. The zero-order valence-corrected chi connectivity index (χ0v) is 17.8. The molecule has 8 nitrogen and oxygen atoms in total. The second-order valence-electron chi connectivity index (χ2n) is 7.96. The van der Waals surface area contributed by atoms with E-state index in [0.717, 1.165) is 18.4 Å². The summed E-state index contributed by atoms with van der Waals surface area (Å²) < 4.78 is 16.4. The Morgan fingerprint density at radius 3 is 2.43 bits per heavy atom. The van der Waals surface area contributed by atoms with Gasteiger partial charge >= 0.3 is 0 Å². The standard InChI is InChI=1S/C22H26N4O4/c1-12(14-8-15(28-4)10-16(9-14)29-5)25-20(27)17-13(2)30-21-18(17)19(23-11-24-21)26-22(3)6-7-22/h8-12H,6-7H2,1-5H3,(H,25,27)(H,23,24,26). The van der Waals surface area contributed by atoms with Crippen molar-refractivity contribution in [3.8, 4) is 11.5 Å². The smallest absolute Gasteiger partial charge is 0.256 e. The fourth-order valence-corrected chi connectivity index (χ4v) is 3.44. The minimum Gasteiger partial charge on any atom is -0.497 e. The fourth-order valence-electron chi connectivity index (χ4n) is 3.44. The van der Waals surface area contributed by atoms with Crippen molar-refractivity contribution in [2.75, 3.05) is 19.5 Å². The van der Waals surface area contributed by atoms with Crippen molar-refractivity contribution in [3.63, 3.8) is 0 Å². The molecular weight excluding hydrogens is 384 g/mol. The van der Waals surface area contributed by atoms with Gasteiger partial charge in [0.15, 0.2) is 0 Å². The van der Waals surface area contributed by atoms with E-state index >= 15 is 0 Å². The first kappa shape index (κ1) is 20.0. The van der Waals surface area contributed by atoms with Gasteiger partial charge in [0.25, 0.3) is 5.91 Å². The average Bonchev–Trinajstić information content (AvgIpc) is 3.34. The van der Waals surface area contributed by atoms with E-state index in [1.165, 1.54) is 6.33 Å². The van der Waals surface area contributed by atoms with Crippen LogP contribution in [0.15, 0.2) is 28.9 Å². The molecule has 3 aromatic rings. The number of ether oxygens (including phenoxy) is 2. The highest BCUT2D eigenvalue weighted by molar-refractivity contribution is 6.10. The second kappa shape index (κ2) is 7.51. The van der Waals surface area contributed by atoms with Gasteiger partial charge in [0.1, 0.15) is 29.4 Å². The van der Waals surface area contributed by atoms with Gasteiger partial charge in [-0.2, -0.15) is 0 Å². The van der Waals surface area contributed by atoms with Crippen LogP contribution in [0.1, 0.15) is 54.4 Å². The number of carbonyl (C=O) groups excluding carboxylic acids is 1. The number of amides is 1. The predicted octanol–water partition coefficient (Wildman–Crippen LogP) is 4.00. The zero-order chi connectivity index (χ0) is 21.5. The molecule has 4 rings (SSSR count). The van der Waals surface area contributed by atoms with Crippen molar-refractivity contribution in [2.24, 2.45) is 0 Å². The summed E-state index contributed by atoms with van der Waals surface area (Å²) in [6.45, 7) is 5.80. The monoisotopic (exact) mass is 410 g/mol. The third-order valence-corrected chi connectivity index (χ3v) is 5.53. The molecular formula is C22H26N4O4. The lowest BCUT2D eigenvalue weighted by Crippen LogP contribution is -2.27. The predicted molar refractivity (Wildman–Crippen MR) is 113 cm³/mol. The molecule has 0 spiro atoms. The van der Waals surface area contributed by atoms with Gasteiger partial charge in [0.2, 0.25) is 5.71 Å². The number of fused-ring (bicyclic) bond motifs is 1. The molecule has 0 saturated heterocycles. The summed E-state index contributed by atoms with van der Waals surface area (Å²) in [6, 6.07) is 5.25. The summed E-state index contributed by atoms with van der Waals surface area (Å²) in [7, 11) is 3.19. The Morgan fingerprint density at radius 2 is 1.83 bits per heavy atom.